The number of azo groups is 2. The van der Waals surface area contributed by atoms with E-state index in [0.717, 1.165) is 12.1 Å². The molecule has 0 atom stereocenters. The summed E-state index contributed by atoms with van der Waals surface area (Å²) in [6.07, 6.45) is 0. The molecular formula is C17H14N6O8S. The van der Waals surface area contributed by atoms with Crippen LogP contribution in [0.2, 0.25) is 0 Å². The Labute approximate surface area is 178 Å². The van der Waals surface area contributed by atoms with E-state index in [2.05, 4.69) is 20.5 Å². The van der Waals surface area contributed by atoms with Crippen molar-refractivity contribution in [2.75, 3.05) is 7.11 Å². The monoisotopic (exact) mass is 462 g/mol. The predicted octanol–water partition coefficient (Wildman–Crippen LogP) is 2.56. The highest BCUT2D eigenvalue weighted by Gasteiger charge is 2.20. The van der Waals surface area contributed by atoms with Gasteiger partial charge in [-0.3, -0.25) is 19.3 Å². The number of aromatic amines is 2. The van der Waals surface area contributed by atoms with E-state index in [-0.39, 0.29) is 28.6 Å². The molecule has 0 unspecified atom stereocenters. The molecule has 0 radical (unpaired) electrons. The molecule has 0 aliphatic carbocycles. The van der Waals surface area contributed by atoms with Gasteiger partial charge in [-0.1, -0.05) is 0 Å². The molecule has 0 aliphatic rings. The fourth-order valence-corrected chi connectivity index (χ4v) is 2.98. The summed E-state index contributed by atoms with van der Waals surface area (Å²) < 4.78 is 38.4. The summed E-state index contributed by atoms with van der Waals surface area (Å²) in [5, 5.41) is 33.8. The van der Waals surface area contributed by atoms with Crippen molar-refractivity contribution in [3.05, 3.63) is 57.2 Å². The summed E-state index contributed by atoms with van der Waals surface area (Å²) in [6, 6.07) is 7.48. The van der Waals surface area contributed by atoms with Crippen molar-refractivity contribution >= 4 is 32.9 Å². The first-order chi connectivity index (χ1) is 15.1. The van der Waals surface area contributed by atoms with Gasteiger partial charge in [-0.15, -0.1) is 15.3 Å². The molecule has 32 heavy (non-hydrogen) atoms. The zero-order valence-electron chi connectivity index (χ0n) is 16.0. The third-order valence-electron chi connectivity index (χ3n) is 3.82. The predicted molar refractivity (Wildman–Crippen MR) is 109 cm³/mol. The quantitative estimate of drug-likeness (QED) is 0.270. The average molecular weight is 462 g/mol. The van der Waals surface area contributed by atoms with E-state index in [4.69, 9.17) is 4.74 Å². The Morgan fingerprint density at radius 1 is 0.906 bits per heavy atom. The number of ether oxygens (including phenoxy) is 1. The second kappa shape index (κ2) is 8.78. The molecule has 0 aliphatic heterocycles. The normalized spacial score (nSPS) is 11.9. The minimum absolute atomic E-state index is 0.00803. The van der Waals surface area contributed by atoms with E-state index < -0.39 is 37.8 Å². The van der Waals surface area contributed by atoms with Crippen LogP contribution < -0.4 is 16.0 Å². The number of methoxy groups -OCH3 is 1. The van der Waals surface area contributed by atoms with Crippen molar-refractivity contribution in [3.63, 3.8) is 0 Å². The number of phenolic OH excluding ortho intramolecular Hbond substituents is 1. The highest BCUT2D eigenvalue weighted by Crippen LogP contribution is 2.39. The maximum atomic E-state index is 11.9. The van der Waals surface area contributed by atoms with Crippen molar-refractivity contribution in [1.82, 2.24) is 9.97 Å². The van der Waals surface area contributed by atoms with Gasteiger partial charge in [0.15, 0.2) is 0 Å². The number of hydrogen-bond acceptors (Lipinski definition) is 11. The standard InChI is InChI=1S/C17H14N6O8S/c1-31-12-6-11(22-20-8-2-4-9(24)5-3-8)13(32(28,29)30)7-10(12)21-23-14-15(25)18-17(27)19-16(14)26/h2-7,24H,1H3,(H,28,29,30)(H3,18,19,25,26,27). The molecule has 0 saturated heterocycles. The molecule has 14 nitrogen and oxygen atoms in total. The van der Waals surface area contributed by atoms with Gasteiger partial charge in [-0.05, 0) is 30.3 Å². The number of aromatic nitrogens is 2. The lowest BCUT2D eigenvalue weighted by Gasteiger charge is -2.08. The molecular weight excluding hydrogens is 448 g/mol. The van der Waals surface area contributed by atoms with Crippen LogP contribution in [0.3, 0.4) is 0 Å². The Morgan fingerprint density at radius 2 is 1.56 bits per heavy atom. The van der Waals surface area contributed by atoms with Crippen LogP contribution in [0.5, 0.6) is 17.4 Å². The molecule has 0 amide bonds. The zero-order chi connectivity index (χ0) is 23.5. The van der Waals surface area contributed by atoms with Gasteiger partial charge in [-0.2, -0.15) is 13.5 Å². The minimum Gasteiger partial charge on any atom is -0.508 e. The van der Waals surface area contributed by atoms with Gasteiger partial charge in [0.1, 0.15) is 27.8 Å². The van der Waals surface area contributed by atoms with E-state index >= 15 is 0 Å². The van der Waals surface area contributed by atoms with Gasteiger partial charge in [0.2, 0.25) is 11.6 Å². The molecule has 0 bridgehead atoms. The maximum Gasteiger partial charge on any atom is 0.328 e. The van der Waals surface area contributed by atoms with Crippen molar-refractivity contribution in [1.29, 1.82) is 0 Å². The van der Waals surface area contributed by atoms with Gasteiger partial charge in [-0.25, -0.2) is 4.79 Å². The smallest absolute Gasteiger partial charge is 0.328 e. The molecule has 3 rings (SSSR count). The zero-order valence-corrected chi connectivity index (χ0v) is 16.9. The molecule has 5 N–H and O–H groups in total. The van der Waals surface area contributed by atoms with Crippen molar-refractivity contribution < 1.29 is 27.9 Å². The number of aromatic hydroxyl groups is 2. The summed E-state index contributed by atoms with van der Waals surface area (Å²) in [5.74, 6) is -0.941. The highest BCUT2D eigenvalue weighted by atomic mass is 32.2. The molecule has 1 aromatic heterocycles. The fraction of sp³-hybridized carbons (Fsp3) is 0.0588. The molecule has 0 fully saturated rings. The SMILES string of the molecule is COc1cc(N=Nc2ccc(O)cc2)c(S(=O)(=O)O)cc1N=Nc1c(O)[nH]c(=O)[nH]c1=O. The van der Waals surface area contributed by atoms with Crippen LogP contribution in [0, 0.1) is 0 Å². The fourth-order valence-electron chi connectivity index (χ4n) is 2.36. The number of benzene rings is 2. The number of hydrogen-bond donors (Lipinski definition) is 5. The van der Waals surface area contributed by atoms with Crippen LogP contribution in [-0.2, 0) is 10.1 Å². The third-order valence-corrected chi connectivity index (χ3v) is 4.70. The molecule has 166 valence electrons. The van der Waals surface area contributed by atoms with Crippen LogP contribution in [0.25, 0.3) is 0 Å². The van der Waals surface area contributed by atoms with Crippen molar-refractivity contribution in [2.45, 2.75) is 4.90 Å². The van der Waals surface area contributed by atoms with Crippen LogP contribution in [0.15, 0.2) is 71.3 Å². The largest absolute Gasteiger partial charge is 0.508 e. The molecule has 0 saturated carbocycles. The summed E-state index contributed by atoms with van der Waals surface area (Å²) in [6.45, 7) is 0. The first kappa shape index (κ1) is 22.3. The van der Waals surface area contributed by atoms with Crippen molar-refractivity contribution in [2.24, 2.45) is 20.5 Å². The van der Waals surface area contributed by atoms with Gasteiger partial charge in [0.05, 0.1) is 12.8 Å². The summed E-state index contributed by atoms with van der Waals surface area (Å²) >= 11 is 0. The molecule has 0 spiro atoms. The van der Waals surface area contributed by atoms with E-state index in [1.165, 1.54) is 31.4 Å². The van der Waals surface area contributed by atoms with Crippen LogP contribution in [0.4, 0.5) is 22.7 Å². The van der Waals surface area contributed by atoms with Gasteiger partial charge >= 0.3 is 5.69 Å². The van der Waals surface area contributed by atoms with Crippen LogP contribution >= 0.6 is 0 Å². The lowest BCUT2D eigenvalue weighted by Crippen LogP contribution is -2.20. The Kier molecular flexibility index (Phi) is 6.13. The van der Waals surface area contributed by atoms with Gasteiger partial charge < -0.3 is 14.9 Å². The lowest BCUT2D eigenvalue weighted by atomic mass is 10.2. The second-order valence-corrected chi connectivity index (χ2v) is 7.38. The molecule has 15 heteroatoms. The summed E-state index contributed by atoms with van der Waals surface area (Å²) in [4.78, 5) is 25.9. The summed E-state index contributed by atoms with van der Waals surface area (Å²) in [7, 11) is -3.58. The number of rotatable bonds is 6. The first-order valence-electron chi connectivity index (χ1n) is 8.46. The second-order valence-electron chi connectivity index (χ2n) is 5.99. The molecule has 1 heterocycles. The molecule has 3 aromatic rings. The summed E-state index contributed by atoms with van der Waals surface area (Å²) in [5.41, 5.74) is -2.96. The van der Waals surface area contributed by atoms with E-state index in [1.54, 1.807) is 0 Å². The minimum atomic E-state index is -4.81. The lowest BCUT2D eigenvalue weighted by molar-refractivity contribution is 0.415. The Hall–Kier alpha value is -4.37. The van der Waals surface area contributed by atoms with Crippen LogP contribution in [0.1, 0.15) is 0 Å². The van der Waals surface area contributed by atoms with Crippen molar-refractivity contribution in [3.8, 4) is 17.4 Å². The highest BCUT2D eigenvalue weighted by molar-refractivity contribution is 7.86. The first-order valence-corrected chi connectivity index (χ1v) is 9.90. The van der Waals surface area contributed by atoms with Gasteiger partial charge in [0.25, 0.3) is 15.7 Å². The number of nitrogens with zero attached hydrogens (tertiary/aromatic N) is 4. The average Bonchev–Trinajstić information content (AvgIpc) is 2.71. The Morgan fingerprint density at radius 3 is 2.16 bits per heavy atom. The Bertz CT molecular complexity index is 1440. The number of phenols is 1. The van der Waals surface area contributed by atoms with E-state index in [9.17, 15) is 32.8 Å². The van der Waals surface area contributed by atoms with E-state index in [1.807, 2.05) is 9.97 Å². The third kappa shape index (κ3) is 5.02. The van der Waals surface area contributed by atoms with Gasteiger partial charge in [0, 0.05) is 6.07 Å². The number of H-pyrrole nitrogens is 2. The Balaban J connectivity index is 2.10. The maximum absolute atomic E-state index is 11.9. The molecule has 2 aromatic carbocycles. The number of nitrogens with one attached hydrogen (secondary N) is 2. The van der Waals surface area contributed by atoms with E-state index in [0.29, 0.717) is 0 Å². The topological polar surface area (TPSA) is 219 Å². The van der Waals surface area contributed by atoms with Crippen LogP contribution in [-0.4, -0.2) is 40.3 Å².